The Bertz CT molecular complexity index is 503. The maximum Gasteiger partial charge on any atom is 0.113 e. The fourth-order valence-corrected chi connectivity index (χ4v) is 3.69. The van der Waals surface area contributed by atoms with Gasteiger partial charge in [0.1, 0.15) is 5.82 Å². The van der Waals surface area contributed by atoms with Gasteiger partial charge in [0.15, 0.2) is 0 Å². The van der Waals surface area contributed by atoms with Gasteiger partial charge >= 0.3 is 0 Å². The molecule has 0 amide bonds. The zero-order chi connectivity index (χ0) is 11.0. The van der Waals surface area contributed by atoms with Crippen LogP contribution in [0.4, 0.5) is 0 Å². The van der Waals surface area contributed by atoms with Crippen LogP contribution in [-0.4, -0.2) is 20.9 Å². The summed E-state index contributed by atoms with van der Waals surface area (Å²) < 4.78 is 2.12. The summed E-state index contributed by atoms with van der Waals surface area (Å²) in [6, 6.07) is 3.89. The Labute approximate surface area is 104 Å². The van der Waals surface area contributed by atoms with Gasteiger partial charge in [-0.15, -0.1) is 0 Å². The van der Waals surface area contributed by atoms with Crippen molar-refractivity contribution in [2.75, 3.05) is 11.5 Å². The van der Waals surface area contributed by atoms with Crippen molar-refractivity contribution in [3.05, 3.63) is 35.4 Å². The van der Waals surface area contributed by atoms with Gasteiger partial charge in [-0.3, -0.25) is 0 Å². The minimum Gasteiger partial charge on any atom is -0.302 e. The molecule has 1 fully saturated rings. The van der Waals surface area contributed by atoms with E-state index in [0.717, 1.165) is 28.7 Å². The Morgan fingerprint density at radius 3 is 3.31 bits per heavy atom. The normalized spacial score (nSPS) is 20.7. The Kier molecular flexibility index (Phi) is 2.82. The summed E-state index contributed by atoms with van der Waals surface area (Å²) >= 11 is 8.17. The van der Waals surface area contributed by atoms with E-state index in [1.807, 2.05) is 36.3 Å². The van der Waals surface area contributed by atoms with Gasteiger partial charge in [-0.25, -0.2) is 4.98 Å². The first kappa shape index (κ1) is 10.5. The fraction of sp³-hybridized carbons (Fsp3) is 0.417. The first-order chi connectivity index (χ1) is 7.84. The molecule has 1 atom stereocenters. The molecule has 0 radical (unpaired) electrons. The summed E-state index contributed by atoms with van der Waals surface area (Å²) in [5.74, 6) is 4.50. The van der Waals surface area contributed by atoms with E-state index in [9.17, 15) is 0 Å². The predicted octanol–water partition coefficient (Wildman–Crippen LogP) is 3.28. The second-order valence-corrected chi connectivity index (χ2v) is 5.78. The van der Waals surface area contributed by atoms with Crippen LogP contribution >= 0.6 is 23.4 Å². The Morgan fingerprint density at radius 2 is 2.50 bits per heavy atom. The van der Waals surface area contributed by atoms with Crippen molar-refractivity contribution >= 4 is 28.9 Å². The molecule has 3 heterocycles. The van der Waals surface area contributed by atoms with E-state index in [1.165, 1.54) is 17.9 Å². The molecule has 2 aromatic heterocycles. The molecule has 0 aliphatic carbocycles. The third kappa shape index (κ3) is 1.82. The molecule has 16 heavy (non-hydrogen) atoms. The van der Waals surface area contributed by atoms with Crippen LogP contribution in [0.2, 0.25) is 5.02 Å². The van der Waals surface area contributed by atoms with Gasteiger partial charge in [-0.05, 0) is 36.0 Å². The molecule has 1 aliphatic heterocycles. The van der Waals surface area contributed by atoms with Crippen LogP contribution in [-0.2, 0) is 6.42 Å². The van der Waals surface area contributed by atoms with Crippen LogP contribution in [0.15, 0.2) is 24.5 Å². The first-order valence-corrected chi connectivity index (χ1v) is 7.06. The van der Waals surface area contributed by atoms with Crippen LogP contribution in [0.5, 0.6) is 0 Å². The molecular weight excluding hydrogens is 240 g/mol. The predicted molar refractivity (Wildman–Crippen MR) is 69.3 cm³/mol. The fourth-order valence-electron chi connectivity index (χ4n) is 2.19. The Balaban J connectivity index is 1.94. The van der Waals surface area contributed by atoms with Crippen LogP contribution < -0.4 is 0 Å². The molecule has 4 heteroatoms. The number of aromatic nitrogens is 2. The van der Waals surface area contributed by atoms with Crippen LogP contribution in [0, 0.1) is 5.92 Å². The number of imidazole rings is 1. The number of thioether (sulfide) groups is 1. The molecule has 2 nitrogen and oxygen atoms in total. The van der Waals surface area contributed by atoms with E-state index in [-0.39, 0.29) is 0 Å². The number of rotatable bonds is 2. The smallest absolute Gasteiger partial charge is 0.113 e. The largest absolute Gasteiger partial charge is 0.302 e. The Hall–Kier alpha value is -0.670. The van der Waals surface area contributed by atoms with E-state index in [0.29, 0.717) is 0 Å². The van der Waals surface area contributed by atoms with Crippen LogP contribution in [0.25, 0.3) is 5.52 Å². The highest BCUT2D eigenvalue weighted by Gasteiger charge is 2.18. The number of nitrogens with zero attached hydrogens (tertiary/aromatic N) is 2. The standard InChI is InChI=1S/C12H13ClN2S/c13-10-2-1-4-15-11(10)7-14-12(15)6-9-3-5-16-8-9/h1-2,4,7,9H,3,5-6,8H2. The zero-order valence-electron chi connectivity index (χ0n) is 8.90. The van der Waals surface area contributed by atoms with Crippen LogP contribution in [0.1, 0.15) is 12.2 Å². The summed E-state index contributed by atoms with van der Waals surface area (Å²) in [5.41, 5.74) is 1.02. The van der Waals surface area contributed by atoms with Gasteiger partial charge in [0.05, 0.1) is 16.7 Å². The number of hydrogen-bond donors (Lipinski definition) is 0. The molecule has 1 unspecified atom stereocenters. The molecule has 0 aromatic carbocycles. The molecule has 1 saturated heterocycles. The van der Waals surface area contributed by atoms with Crippen molar-refractivity contribution in [2.24, 2.45) is 5.92 Å². The summed E-state index contributed by atoms with van der Waals surface area (Å²) in [6.45, 7) is 0. The van der Waals surface area contributed by atoms with Gasteiger partial charge < -0.3 is 4.40 Å². The topological polar surface area (TPSA) is 17.3 Å². The van der Waals surface area contributed by atoms with E-state index < -0.39 is 0 Å². The quantitative estimate of drug-likeness (QED) is 0.816. The molecule has 2 aromatic rings. The molecule has 0 saturated carbocycles. The van der Waals surface area contributed by atoms with E-state index in [2.05, 4.69) is 9.38 Å². The minimum atomic E-state index is 0.780. The van der Waals surface area contributed by atoms with Crippen molar-refractivity contribution in [2.45, 2.75) is 12.8 Å². The lowest BCUT2D eigenvalue weighted by atomic mass is 10.1. The first-order valence-electron chi connectivity index (χ1n) is 5.53. The molecule has 0 spiro atoms. The number of fused-ring (bicyclic) bond motifs is 1. The summed E-state index contributed by atoms with van der Waals surface area (Å²) in [5, 5.41) is 0.780. The van der Waals surface area contributed by atoms with Gasteiger partial charge in [-0.1, -0.05) is 11.6 Å². The third-order valence-corrected chi connectivity index (χ3v) is 4.64. The summed E-state index contributed by atoms with van der Waals surface area (Å²) in [4.78, 5) is 4.49. The highest BCUT2D eigenvalue weighted by molar-refractivity contribution is 7.99. The highest BCUT2D eigenvalue weighted by Crippen LogP contribution is 2.27. The van der Waals surface area contributed by atoms with Gasteiger partial charge in [0, 0.05) is 12.6 Å². The summed E-state index contributed by atoms with van der Waals surface area (Å²) in [7, 11) is 0. The SMILES string of the molecule is Clc1cccn2c(CC3CCSC3)ncc12. The highest BCUT2D eigenvalue weighted by atomic mass is 35.5. The average Bonchev–Trinajstić information content (AvgIpc) is 2.90. The monoisotopic (exact) mass is 252 g/mol. The molecule has 1 aliphatic rings. The molecule has 0 N–H and O–H groups in total. The van der Waals surface area contributed by atoms with Gasteiger partial charge in [-0.2, -0.15) is 11.8 Å². The third-order valence-electron chi connectivity index (χ3n) is 3.09. The zero-order valence-corrected chi connectivity index (χ0v) is 10.5. The second-order valence-electron chi connectivity index (χ2n) is 4.22. The van der Waals surface area contributed by atoms with Gasteiger partial charge in [0.2, 0.25) is 0 Å². The van der Waals surface area contributed by atoms with Crippen molar-refractivity contribution in [1.82, 2.24) is 9.38 Å². The second kappa shape index (κ2) is 4.30. The molecule has 0 bridgehead atoms. The number of pyridine rings is 1. The van der Waals surface area contributed by atoms with Crippen molar-refractivity contribution in [1.29, 1.82) is 0 Å². The Morgan fingerprint density at radius 1 is 1.56 bits per heavy atom. The molecular formula is C12H13ClN2S. The lowest BCUT2D eigenvalue weighted by Gasteiger charge is -2.07. The molecule has 3 rings (SSSR count). The van der Waals surface area contributed by atoms with E-state index in [1.54, 1.807) is 0 Å². The number of hydrogen-bond acceptors (Lipinski definition) is 2. The average molecular weight is 253 g/mol. The summed E-state index contributed by atoms with van der Waals surface area (Å²) in [6.07, 6.45) is 6.31. The van der Waals surface area contributed by atoms with Crippen molar-refractivity contribution < 1.29 is 0 Å². The number of halogens is 1. The van der Waals surface area contributed by atoms with Crippen molar-refractivity contribution in [3.8, 4) is 0 Å². The van der Waals surface area contributed by atoms with Crippen LogP contribution in [0.3, 0.4) is 0 Å². The van der Waals surface area contributed by atoms with E-state index in [4.69, 9.17) is 11.6 Å². The maximum absolute atomic E-state index is 6.12. The lowest BCUT2D eigenvalue weighted by molar-refractivity contribution is 0.574. The van der Waals surface area contributed by atoms with E-state index >= 15 is 0 Å². The minimum absolute atomic E-state index is 0.780. The van der Waals surface area contributed by atoms with Crippen molar-refractivity contribution in [3.63, 3.8) is 0 Å². The lowest BCUT2D eigenvalue weighted by Crippen LogP contribution is -2.06. The van der Waals surface area contributed by atoms with Gasteiger partial charge in [0.25, 0.3) is 0 Å². The maximum atomic E-state index is 6.12. The molecule has 84 valence electrons.